The van der Waals surface area contributed by atoms with Crippen LogP contribution in [0.1, 0.15) is 63.0 Å². The molecule has 0 spiro atoms. The highest BCUT2D eigenvalue weighted by atomic mass is 32.1. The molecule has 0 aliphatic heterocycles. The Hall–Kier alpha value is -0.870. The smallest absolute Gasteiger partial charge is 0.220 e. The molecule has 20 heavy (non-hydrogen) atoms. The molecule has 0 aromatic carbocycles. The van der Waals surface area contributed by atoms with Gasteiger partial charge in [-0.15, -0.1) is 0 Å². The Labute approximate surface area is 125 Å². The average molecular weight is 295 g/mol. The largest absolute Gasteiger partial charge is 0.388 e. The summed E-state index contributed by atoms with van der Waals surface area (Å²) in [5.74, 6) is 0.888. The van der Waals surface area contributed by atoms with E-state index < -0.39 is 6.10 Å². The van der Waals surface area contributed by atoms with Crippen LogP contribution in [-0.2, 0) is 4.79 Å². The maximum Gasteiger partial charge on any atom is 0.220 e. The second-order valence-corrected chi connectivity index (χ2v) is 6.53. The lowest BCUT2D eigenvalue weighted by atomic mass is 9.86. The van der Waals surface area contributed by atoms with Crippen molar-refractivity contribution in [3.63, 3.8) is 0 Å². The summed E-state index contributed by atoms with van der Waals surface area (Å²) in [5.41, 5.74) is 0.950. The van der Waals surface area contributed by atoms with Crippen LogP contribution < -0.4 is 5.32 Å². The number of thiophene rings is 1. The van der Waals surface area contributed by atoms with Gasteiger partial charge < -0.3 is 10.4 Å². The topological polar surface area (TPSA) is 49.3 Å². The third-order valence-corrected chi connectivity index (χ3v) is 4.87. The molecule has 0 saturated heterocycles. The Kier molecular flexibility index (Phi) is 6.54. The molecule has 2 N–H and O–H groups in total. The van der Waals surface area contributed by atoms with E-state index in [1.165, 1.54) is 32.1 Å². The molecule has 1 aliphatic carbocycles. The van der Waals surface area contributed by atoms with Crippen molar-refractivity contribution in [2.45, 2.75) is 57.5 Å². The van der Waals surface area contributed by atoms with Crippen molar-refractivity contribution < 1.29 is 9.90 Å². The van der Waals surface area contributed by atoms with Gasteiger partial charge in [0, 0.05) is 13.0 Å². The Bertz CT molecular complexity index is 385. The number of aliphatic hydroxyl groups is 1. The molecule has 1 aromatic rings. The third kappa shape index (κ3) is 5.25. The van der Waals surface area contributed by atoms with E-state index >= 15 is 0 Å². The summed E-state index contributed by atoms with van der Waals surface area (Å²) in [4.78, 5) is 11.8. The lowest BCUT2D eigenvalue weighted by molar-refractivity contribution is -0.121. The summed E-state index contributed by atoms with van der Waals surface area (Å²) in [5, 5.41) is 16.7. The molecule has 0 bridgehead atoms. The number of carbonyl (C=O) groups excluding carboxylic acids is 1. The van der Waals surface area contributed by atoms with E-state index in [2.05, 4.69) is 5.32 Å². The molecular weight excluding hydrogens is 270 g/mol. The van der Waals surface area contributed by atoms with Crippen molar-refractivity contribution in [2.75, 3.05) is 6.54 Å². The number of hydrogen-bond acceptors (Lipinski definition) is 3. The zero-order valence-electron chi connectivity index (χ0n) is 12.0. The molecule has 0 radical (unpaired) electrons. The van der Waals surface area contributed by atoms with Gasteiger partial charge >= 0.3 is 0 Å². The van der Waals surface area contributed by atoms with Crippen LogP contribution in [0.4, 0.5) is 0 Å². The minimum atomic E-state index is -0.458. The fourth-order valence-corrected chi connectivity index (χ4v) is 3.59. The lowest BCUT2D eigenvalue weighted by Crippen LogP contribution is -2.26. The second-order valence-electron chi connectivity index (χ2n) is 5.75. The monoisotopic (exact) mass is 295 g/mol. The predicted molar refractivity (Wildman–Crippen MR) is 82.7 cm³/mol. The quantitative estimate of drug-likeness (QED) is 0.806. The van der Waals surface area contributed by atoms with Crippen molar-refractivity contribution >= 4 is 17.2 Å². The number of rotatable bonds is 7. The average Bonchev–Trinajstić information content (AvgIpc) is 3.00. The highest BCUT2D eigenvalue weighted by Gasteiger charge is 2.15. The van der Waals surface area contributed by atoms with Gasteiger partial charge in [-0.3, -0.25) is 4.79 Å². The van der Waals surface area contributed by atoms with Crippen LogP contribution in [0.15, 0.2) is 16.8 Å². The number of carbonyl (C=O) groups is 1. The molecule has 2 rings (SSSR count). The first-order valence-corrected chi connectivity index (χ1v) is 8.67. The van der Waals surface area contributed by atoms with Crippen LogP contribution in [0, 0.1) is 5.92 Å². The van der Waals surface area contributed by atoms with E-state index in [0.717, 1.165) is 17.9 Å². The minimum absolute atomic E-state index is 0.132. The molecule has 1 heterocycles. The molecule has 1 amide bonds. The molecule has 1 fully saturated rings. The van der Waals surface area contributed by atoms with E-state index in [1.54, 1.807) is 11.3 Å². The van der Waals surface area contributed by atoms with Crippen molar-refractivity contribution in [1.29, 1.82) is 0 Å². The van der Waals surface area contributed by atoms with Gasteiger partial charge in [0.05, 0.1) is 6.10 Å². The van der Waals surface area contributed by atoms with Crippen molar-refractivity contribution in [1.82, 2.24) is 5.32 Å². The van der Waals surface area contributed by atoms with Gasteiger partial charge in [0.15, 0.2) is 0 Å². The zero-order chi connectivity index (χ0) is 14.2. The SMILES string of the molecule is O=C(CCC1CCCCC1)NCCC(O)c1ccsc1. The summed E-state index contributed by atoms with van der Waals surface area (Å²) < 4.78 is 0. The summed E-state index contributed by atoms with van der Waals surface area (Å²) in [7, 11) is 0. The molecular formula is C16H25NO2S. The van der Waals surface area contributed by atoms with Gasteiger partial charge in [-0.2, -0.15) is 11.3 Å². The molecule has 1 aromatic heterocycles. The summed E-state index contributed by atoms with van der Waals surface area (Å²) in [6, 6.07) is 1.93. The molecule has 3 nitrogen and oxygen atoms in total. The molecule has 1 saturated carbocycles. The van der Waals surface area contributed by atoms with Gasteiger partial charge in [0.1, 0.15) is 0 Å². The van der Waals surface area contributed by atoms with Crippen molar-refractivity contribution in [3.8, 4) is 0 Å². The van der Waals surface area contributed by atoms with E-state index in [9.17, 15) is 9.90 Å². The van der Waals surface area contributed by atoms with Crippen molar-refractivity contribution in [3.05, 3.63) is 22.4 Å². The van der Waals surface area contributed by atoms with Gasteiger partial charge in [0.25, 0.3) is 0 Å². The van der Waals surface area contributed by atoms with Crippen LogP contribution in [0.25, 0.3) is 0 Å². The van der Waals surface area contributed by atoms with E-state index in [0.29, 0.717) is 19.4 Å². The maximum absolute atomic E-state index is 11.8. The molecule has 1 atom stereocenters. The zero-order valence-corrected chi connectivity index (χ0v) is 12.8. The van der Waals surface area contributed by atoms with Crippen LogP contribution in [0.3, 0.4) is 0 Å². The Morgan fingerprint density at radius 2 is 2.20 bits per heavy atom. The second kappa shape index (κ2) is 8.42. The summed E-state index contributed by atoms with van der Waals surface area (Å²) in [6.45, 7) is 0.556. The van der Waals surface area contributed by atoms with Crippen LogP contribution >= 0.6 is 11.3 Å². The number of hydrogen-bond donors (Lipinski definition) is 2. The van der Waals surface area contributed by atoms with Gasteiger partial charge in [0.2, 0.25) is 5.91 Å². The Morgan fingerprint density at radius 1 is 1.40 bits per heavy atom. The number of aliphatic hydroxyl groups excluding tert-OH is 1. The highest BCUT2D eigenvalue weighted by molar-refractivity contribution is 7.07. The molecule has 112 valence electrons. The number of amides is 1. The standard InChI is InChI=1S/C16H25NO2S/c18-15(14-9-11-20-12-14)8-10-17-16(19)7-6-13-4-2-1-3-5-13/h9,11-13,15,18H,1-8,10H2,(H,17,19). The minimum Gasteiger partial charge on any atom is -0.388 e. The maximum atomic E-state index is 11.8. The van der Waals surface area contributed by atoms with E-state index in [-0.39, 0.29) is 5.91 Å². The van der Waals surface area contributed by atoms with Crippen LogP contribution in [0.5, 0.6) is 0 Å². The van der Waals surface area contributed by atoms with E-state index in [1.807, 2.05) is 16.8 Å². The highest BCUT2D eigenvalue weighted by Crippen LogP contribution is 2.27. The van der Waals surface area contributed by atoms with E-state index in [4.69, 9.17) is 0 Å². The summed E-state index contributed by atoms with van der Waals surface area (Å²) >= 11 is 1.58. The predicted octanol–water partition coefficient (Wildman–Crippen LogP) is 3.65. The van der Waals surface area contributed by atoms with Crippen LogP contribution in [0.2, 0.25) is 0 Å². The third-order valence-electron chi connectivity index (χ3n) is 4.17. The fourth-order valence-electron chi connectivity index (χ4n) is 2.88. The van der Waals surface area contributed by atoms with Crippen molar-refractivity contribution in [2.24, 2.45) is 5.92 Å². The summed E-state index contributed by atoms with van der Waals surface area (Å²) in [6.07, 6.45) is 8.42. The van der Waals surface area contributed by atoms with Gasteiger partial charge in [-0.25, -0.2) is 0 Å². The first-order valence-electron chi connectivity index (χ1n) is 7.72. The molecule has 1 unspecified atom stereocenters. The normalized spacial score (nSPS) is 17.9. The first-order chi connectivity index (χ1) is 9.75. The van der Waals surface area contributed by atoms with Gasteiger partial charge in [-0.05, 0) is 41.1 Å². The van der Waals surface area contributed by atoms with Gasteiger partial charge in [-0.1, -0.05) is 32.1 Å². The molecule has 1 aliphatic rings. The fraction of sp³-hybridized carbons (Fsp3) is 0.688. The lowest BCUT2D eigenvalue weighted by Gasteiger charge is -2.21. The van der Waals surface area contributed by atoms with Crippen LogP contribution in [-0.4, -0.2) is 17.6 Å². The molecule has 4 heteroatoms. The first kappa shape index (κ1) is 15.5. The Morgan fingerprint density at radius 3 is 2.90 bits per heavy atom. The number of nitrogens with one attached hydrogen (secondary N) is 1. The Balaban J connectivity index is 1.55.